The zero-order valence-electron chi connectivity index (χ0n) is 12.5. The van der Waals surface area contributed by atoms with Crippen molar-refractivity contribution in [1.82, 2.24) is 14.7 Å². The molecule has 1 amide bonds. The first-order chi connectivity index (χ1) is 10.00. The molecule has 3 aliphatic heterocycles. The lowest BCUT2D eigenvalue weighted by atomic mass is 9.82. The maximum absolute atomic E-state index is 12.0. The zero-order chi connectivity index (χ0) is 15.0. The first kappa shape index (κ1) is 14.7. The van der Waals surface area contributed by atoms with E-state index in [9.17, 15) is 9.59 Å². The number of carboxylic acid groups (broad SMARTS) is 1. The van der Waals surface area contributed by atoms with Crippen molar-refractivity contribution >= 4 is 11.9 Å². The largest absolute Gasteiger partial charge is 0.481 e. The third-order valence-corrected chi connectivity index (χ3v) is 4.80. The van der Waals surface area contributed by atoms with Crippen LogP contribution >= 0.6 is 0 Å². The van der Waals surface area contributed by atoms with E-state index in [0.29, 0.717) is 19.1 Å². The molecule has 7 nitrogen and oxygen atoms in total. The van der Waals surface area contributed by atoms with Crippen molar-refractivity contribution in [2.45, 2.75) is 24.4 Å². The Balaban J connectivity index is 1.61. The molecule has 0 aromatic rings. The highest BCUT2D eigenvalue weighted by atomic mass is 16.5. The first-order valence-corrected chi connectivity index (χ1v) is 7.53. The summed E-state index contributed by atoms with van der Waals surface area (Å²) in [5.41, 5.74) is 0.0420. The minimum absolute atomic E-state index is 0.0407. The van der Waals surface area contributed by atoms with E-state index in [4.69, 9.17) is 9.84 Å². The normalized spacial score (nSPS) is 29.0. The molecule has 0 aliphatic carbocycles. The number of rotatable bonds is 3. The molecule has 1 spiro atoms. The monoisotopic (exact) mass is 297 g/mol. The van der Waals surface area contributed by atoms with E-state index in [2.05, 4.69) is 16.8 Å². The van der Waals surface area contributed by atoms with E-state index < -0.39 is 5.97 Å². The molecule has 3 heterocycles. The van der Waals surface area contributed by atoms with Crippen LogP contribution in [0.15, 0.2) is 0 Å². The number of ether oxygens (including phenoxy) is 1. The Bertz CT molecular complexity index is 436. The van der Waals surface area contributed by atoms with Crippen LogP contribution in [-0.2, 0) is 14.3 Å². The van der Waals surface area contributed by atoms with Gasteiger partial charge in [0.05, 0.1) is 25.2 Å². The number of hydrogen-bond donors (Lipinski definition) is 1. The van der Waals surface area contributed by atoms with Crippen molar-refractivity contribution in [3.8, 4) is 0 Å². The number of carbonyl (C=O) groups excluding carboxylic acids is 1. The van der Waals surface area contributed by atoms with Crippen molar-refractivity contribution in [2.24, 2.45) is 0 Å². The molecule has 0 bridgehead atoms. The van der Waals surface area contributed by atoms with Gasteiger partial charge in [-0.3, -0.25) is 14.5 Å². The Kier molecular flexibility index (Phi) is 3.90. The van der Waals surface area contributed by atoms with Gasteiger partial charge >= 0.3 is 5.97 Å². The number of carboxylic acids is 1. The van der Waals surface area contributed by atoms with Crippen molar-refractivity contribution < 1.29 is 19.4 Å². The van der Waals surface area contributed by atoms with Crippen molar-refractivity contribution in [3.05, 3.63) is 0 Å². The van der Waals surface area contributed by atoms with Gasteiger partial charge in [0.25, 0.3) is 0 Å². The molecule has 3 aliphatic rings. The summed E-state index contributed by atoms with van der Waals surface area (Å²) in [6.07, 6.45) is 0.0240. The number of likely N-dealkylation sites (tertiary alicyclic amines) is 1. The fraction of sp³-hybridized carbons (Fsp3) is 0.857. The zero-order valence-corrected chi connectivity index (χ0v) is 12.5. The molecule has 1 atom stereocenters. The van der Waals surface area contributed by atoms with Crippen molar-refractivity contribution in [3.63, 3.8) is 0 Å². The van der Waals surface area contributed by atoms with Crippen LogP contribution in [0.2, 0.25) is 0 Å². The number of aliphatic carboxylic acids is 1. The van der Waals surface area contributed by atoms with Gasteiger partial charge in [-0.15, -0.1) is 0 Å². The predicted molar refractivity (Wildman–Crippen MR) is 75.0 cm³/mol. The molecule has 118 valence electrons. The number of amides is 1. The second-order valence-corrected chi connectivity index (χ2v) is 6.49. The van der Waals surface area contributed by atoms with Gasteiger partial charge in [-0.25, -0.2) is 0 Å². The van der Waals surface area contributed by atoms with Crippen LogP contribution in [0.25, 0.3) is 0 Å². The van der Waals surface area contributed by atoms with Gasteiger partial charge in [0, 0.05) is 45.2 Å². The Morgan fingerprint density at radius 3 is 2.76 bits per heavy atom. The van der Waals surface area contributed by atoms with Crippen LogP contribution in [0.4, 0.5) is 0 Å². The second-order valence-electron chi connectivity index (χ2n) is 6.49. The van der Waals surface area contributed by atoms with Gasteiger partial charge in [-0.2, -0.15) is 0 Å². The van der Waals surface area contributed by atoms with Gasteiger partial charge in [0.2, 0.25) is 5.91 Å². The minimum atomic E-state index is -0.913. The molecular weight excluding hydrogens is 274 g/mol. The molecule has 0 saturated carbocycles. The highest BCUT2D eigenvalue weighted by molar-refractivity contribution is 5.81. The Labute approximate surface area is 124 Å². The first-order valence-electron chi connectivity index (χ1n) is 7.53. The van der Waals surface area contributed by atoms with Gasteiger partial charge in [0.1, 0.15) is 0 Å². The summed E-state index contributed by atoms with van der Waals surface area (Å²) in [6.45, 7) is 5.85. The number of carbonyl (C=O) groups is 2. The Morgan fingerprint density at radius 1 is 1.29 bits per heavy atom. The summed E-state index contributed by atoms with van der Waals surface area (Å²) in [5.74, 6) is -0.953. The van der Waals surface area contributed by atoms with Crippen LogP contribution < -0.4 is 0 Å². The number of piperazine rings is 1. The summed E-state index contributed by atoms with van der Waals surface area (Å²) in [4.78, 5) is 29.2. The summed E-state index contributed by atoms with van der Waals surface area (Å²) >= 11 is 0. The summed E-state index contributed by atoms with van der Waals surface area (Å²) in [7, 11) is 2.11. The molecule has 3 fully saturated rings. The van der Waals surface area contributed by atoms with E-state index in [0.717, 1.165) is 32.8 Å². The standard InChI is InChI=1S/C14H23N3O4/c1-15-6-11-7-21-5-4-17(11)14(8-15)9-16(10-14)12(18)2-3-13(19)20/h11H,2-10H2,1H3,(H,19,20)/t11-/m1/s1. The van der Waals surface area contributed by atoms with Crippen LogP contribution in [0.5, 0.6) is 0 Å². The molecule has 0 aromatic carbocycles. The average Bonchev–Trinajstić information content (AvgIpc) is 2.41. The van der Waals surface area contributed by atoms with Gasteiger partial charge in [-0.05, 0) is 7.05 Å². The SMILES string of the molecule is CN1C[C@@H]2COCCN2C2(C1)CN(C(=O)CCC(=O)O)C2. The number of morpholine rings is 1. The predicted octanol–water partition coefficient (Wildman–Crippen LogP) is -0.922. The summed E-state index contributed by atoms with van der Waals surface area (Å²) < 4.78 is 5.57. The fourth-order valence-electron chi connectivity index (χ4n) is 3.94. The van der Waals surface area contributed by atoms with Crippen LogP contribution in [-0.4, -0.2) is 96.2 Å². The third kappa shape index (κ3) is 2.77. The van der Waals surface area contributed by atoms with Crippen LogP contribution in [0.1, 0.15) is 12.8 Å². The molecule has 21 heavy (non-hydrogen) atoms. The molecule has 7 heteroatoms. The lowest BCUT2D eigenvalue weighted by Crippen LogP contribution is -2.80. The molecular formula is C14H23N3O4. The highest BCUT2D eigenvalue weighted by Crippen LogP contribution is 2.35. The average molecular weight is 297 g/mol. The quantitative estimate of drug-likeness (QED) is 0.726. The van der Waals surface area contributed by atoms with E-state index in [1.54, 1.807) is 4.90 Å². The Morgan fingerprint density at radius 2 is 2.05 bits per heavy atom. The number of likely N-dealkylation sites (N-methyl/N-ethyl adjacent to an activating group) is 1. The van der Waals surface area contributed by atoms with Crippen LogP contribution in [0, 0.1) is 0 Å². The topological polar surface area (TPSA) is 73.3 Å². The molecule has 0 unspecified atom stereocenters. The smallest absolute Gasteiger partial charge is 0.303 e. The number of hydrogen-bond acceptors (Lipinski definition) is 5. The summed E-state index contributed by atoms with van der Waals surface area (Å²) in [5, 5.41) is 8.67. The molecule has 0 aromatic heterocycles. The lowest BCUT2D eigenvalue weighted by Gasteiger charge is -2.63. The minimum Gasteiger partial charge on any atom is -0.481 e. The molecule has 3 rings (SSSR count). The van der Waals surface area contributed by atoms with Gasteiger partial charge in [-0.1, -0.05) is 0 Å². The van der Waals surface area contributed by atoms with E-state index in [-0.39, 0.29) is 24.3 Å². The maximum atomic E-state index is 12.0. The van der Waals surface area contributed by atoms with E-state index in [1.165, 1.54) is 0 Å². The molecule has 3 saturated heterocycles. The maximum Gasteiger partial charge on any atom is 0.303 e. The highest BCUT2D eigenvalue weighted by Gasteiger charge is 2.54. The summed E-state index contributed by atoms with van der Waals surface area (Å²) in [6, 6.07) is 0.411. The van der Waals surface area contributed by atoms with Gasteiger partial charge < -0.3 is 19.6 Å². The number of fused-ring (bicyclic) bond motifs is 2. The second kappa shape index (κ2) is 5.55. The molecule has 1 N–H and O–H groups in total. The third-order valence-electron chi connectivity index (χ3n) is 4.80. The fourth-order valence-corrected chi connectivity index (χ4v) is 3.94. The Hall–Kier alpha value is -1.18. The van der Waals surface area contributed by atoms with Crippen LogP contribution in [0.3, 0.4) is 0 Å². The van der Waals surface area contributed by atoms with Crippen molar-refractivity contribution in [1.29, 1.82) is 0 Å². The van der Waals surface area contributed by atoms with Gasteiger partial charge in [0.15, 0.2) is 0 Å². The van der Waals surface area contributed by atoms with E-state index in [1.807, 2.05) is 0 Å². The lowest BCUT2D eigenvalue weighted by molar-refractivity contribution is -0.175. The molecule has 0 radical (unpaired) electrons. The number of nitrogens with zero attached hydrogens (tertiary/aromatic N) is 3. The van der Waals surface area contributed by atoms with Crippen molar-refractivity contribution in [2.75, 3.05) is 53.0 Å². The van der Waals surface area contributed by atoms with E-state index >= 15 is 0 Å².